The fourth-order valence-electron chi connectivity index (χ4n) is 1.83. The Morgan fingerprint density at radius 3 is 2.44 bits per heavy atom. The molecule has 1 N–H and O–H groups in total. The van der Waals surface area contributed by atoms with Gasteiger partial charge in [-0.25, -0.2) is 0 Å². The molecule has 1 aliphatic rings. The molecule has 0 spiro atoms. The molecule has 0 radical (unpaired) electrons. The van der Waals surface area contributed by atoms with Crippen molar-refractivity contribution in [1.29, 1.82) is 0 Å². The summed E-state index contributed by atoms with van der Waals surface area (Å²) in [5.41, 5.74) is -0.248. The van der Waals surface area contributed by atoms with E-state index in [4.69, 9.17) is 0 Å². The van der Waals surface area contributed by atoms with Gasteiger partial charge in [-0.3, -0.25) is 9.59 Å². The van der Waals surface area contributed by atoms with Crippen LogP contribution in [0.2, 0.25) is 0 Å². The molecular weight excluding hydrogens is 204 g/mol. The van der Waals surface area contributed by atoms with Crippen molar-refractivity contribution in [1.82, 2.24) is 10.2 Å². The molecule has 1 heterocycles. The predicted molar refractivity (Wildman–Crippen MR) is 62.9 cm³/mol. The van der Waals surface area contributed by atoms with Crippen LogP contribution in [-0.2, 0) is 9.59 Å². The highest BCUT2D eigenvalue weighted by molar-refractivity contribution is 5.95. The van der Waals surface area contributed by atoms with Gasteiger partial charge in [0, 0.05) is 5.54 Å². The van der Waals surface area contributed by atoms with E-state index in [1.54, 1.807) is 4.90 Å². The van der Waals surface area contributed by atoms with Gasteiger partial charge in [0.05, 0.1) is 0 Å². The van der Waals surface area contributed by atoms with Gasteiger partial charge in [0.25, 0.3) is 0 Å². The van der Waals surface area contributed by atoms with E-state index >= 15 is 0 Å². The summed E-state index contributed by atoms with van der Waals surface area (Å²) in [6, 6.07) is -0.368. The van der Waals surface area contributed by atoms with Crippen LogP contribution in [0, 0.1) is 5.92 Å². The van der Waals surface area contributed by atoms with Crippen LogP contribution in [-0.4, -0.2) is 34.8 Å². The fraction of sp³-hybridized carbons (Fsp3) is 0.833. The average Bonchev–Trinajstić information content (AvgIpc) is 2.20. The summed E-state index contributed by atoms with van der Waals surface area (Å²) >= 11 is 0. The number of amides is 2. The summed E-state index contributed by atoms with van der Waals surface area (Å²) in [6.07, 6.45) is 0.844. The maximum absolute atomic E-state index is 12.2. The Hall–Kier alpha value is -1.06. The summed E-state index contributed by atoms with van der Waals surface area (Å²) in [6.45, 7) is 10.1. The van der Waals surface area contributed by atoms with Crippen molar-refractivity contribution in [3.05, 3.63) is 0 Å². The normalized spacial score (nSPS) is 22.6. The van der Waals surface area contributed by atoms with Gasteiger partial charge in [0.2, 0.25) is 11.8 Å². The van der Waals surface area contributed by atoms with E-state index in [0.29, 0.717) is 0 Å². The fourth-order valence-corrected chi connectivity index (χ4v) is 1.83. The summed E-state index contributed by atoms with van der Waals surface area (Å²) in [4.78, 5) is 25.5. The number of hydrogen-bond donors (Lipinski definition) is 1. The van der Waals surface area contributed by atoms with Gasteiger partial charge in [-0.2, -0.15) is 0 Å². The van der Waals surface area contributed by atoms with Crippen LogP contribution in [0.3, 0.4) is 0 Å². The van der Waals surface area contributed by atoms with Gasteiger partial charge in [0.15, 0.2) is 0 Å². The smallest absolute Gasteiger partial charge is 0.246 e. The highest BCUT2D eigenvalue weighted by atomic mass is 16.2. The molecule has 0 aromatic heterocycles. The molecule has 0 aromatic carbocycles. The Labute approximate surface area is 97.4 Å². The first-order valence-corrected chi connectivity index (χ1v) is 5.90. The van der Waals surface area contributed by atoms with E-state index in [1.807, 2.05) is 34.6 Å². The second kappa shape index (κ2) is 4.44. The number of nitrogens with one attached hydrogen (secondary N) is 1. The van der Waals surface area contributed by atoms with Crippen molar-refractivity contribution in [2.75, 3.05) is 6.54 Å². The number of rotatable bonds is 3. The van der Waals surface area contributed by atoms with E-state index in [2.05, 4.69) is 5.32 Å². The third-order valence-electron chi connectivity index (χ3n) is 3.41. The van der Waals surface area contributed by atoms with Gasteiger partial charge < -0.3 is 10.2 Å². The summed E-state index contributed by atoms with van der Waals surface area (Å²) in [5.74, 6) is 0.119. The zero-order chi connectivity index (χ0) is 12.5. The van der Waals surface area contributed by atoms with Crippen molar-refractivity contribution in [3.63, 3.8) is 0 Å². The quantitative estimate of drug-likeness (QED) is 0.785. The minimum Gasteiger partial charge on any atom is -0.343 e. The van der Waals surface area contributed by atoms with Crippen LogP contribution in [0.4, 0.5) is 0 Å². The first kappa shape index (κ1) is 13.0. The second-order valence-electron chi connectivity index (χ2n) is 5.38. The van der Waals surface area contributed by atoms with E-state index in [-0.39, 0.29) is 35.9 Å². The third kappa shape index (κ3) is 2.36. The minimum absolute atomic E-state index is 0.0430. The van der Waals surface area contributed by atoms with E-state index in [0.717, 1.165) is 6.42 Å². The Morgan fingerprint density at radius 1 is 1.44 bits per heavy atom. The van der Waals surface area contributed by atoms with Crippen molar-refractivity contribution < 1.29 is 9.59 Å². The Morgan fingerprint density at radius 2 is 2.00 bits per heavy atom. The number of piperazine rings is 1. The standard InChI is InChI=1S/C12H22N2O2/c1-6-12(4,5)14-7-9(15)13-10(8(2)3)11(14)16/h8,10H,6-7H2,1-5H3,(H,13,15). The Kier molecular flexibility index (Phi) is 3.61. The molecule has 4 nitrogen and oxygen atoms in total. The number of hydrogen-bond acceptors (Lipinski definition) is 2. The molecule has 1 saturated heterocycles. The molecule has 4 heteroatoms. The maximum Gasteiger partial charge on any atom is 0.246 e. The predicted octanol–water partition coefficient (Wildman–Crippen LogP) is 1.16. The zero-order valence-corrected chi connectivity index (χ0v) is 10.8. The van der Waals surface area contributed by atoms with Gasteiger partial charge in [-0.1, -0.05) is 20.8 Å². The van der Waals surface area contributed by atoms with E-state index in [1.165, 1.54) is 0 Å². The van der Waals surface area contributed by atoms with Crippen LogP contribution >= 0.6 is 0 Å². The molecule has 1 rings (SSSR count). The summed E-state index contributed by atoms with van der Waals surface area (Å²) < 4.78 is 0. The largest absolute Gasteiger partial charge is 0.343 e. The second-order valence-corrected chi connectivity index (χ2v) is 5.38. The molecule has 1 fully saturated rings. The molecular formula is C12H22N2O2. The van der Waals surface area contributed by atoms with Crippen LogP contribution in [0.15, 0.2) is 0 Å². The van der Waals surface area contributed by atoms with Gasteiger partial charge in [0.1, 0.15) is 12.6 Å². The lowest BCUT2D eigenvalue weighted by atomic mass is 9.93. The van der Waals surface area contributed by atoms with Gasteiger partial charge >= 0.3 is 0 Å². The molecule has 1 unspecified atom stereocenters. The van der Waals surface area contributed by atoms with Gasteiger partial charge in [-0.15, -0.1) is 0 Å². The first-order valence-electron chi connectivity index (χ1n) is 5.90. The van der Waals surface area contributed by atoms with Crippen molar-refractivity contribution in [2.24, 2.45) is 5.92 Å². The molecule has 0 saturated carbocycles. The lowest BCUT2D eigenvalue weighted by molar-refractivity contribution is -0.151. The van der Waals surface area contributed by atoms with Crippen LogP contribution < -0.4 is 5.32 Å². The molecule has 1 aliphatic heterocycles. The van der Waals surface area contributed by atoms with Crippen molar-refractivity contribution in [3.8, 4) is 0 Å². The zero-order valence-electron chi connectivity index (χ0n) is 10.8. The Balaban J connectivity index is 2.94. The number of nitrogens with zero attached hydrogens (tertiary/aromatic N) is 1. The van der Waals surface area contributed by atoms with Crippen molar-refractivity contribution >= 4 is 11.8 Å². The van der Waals surface area contributed by atoms with Crippen LogP contribution in [0.1, 0.15) is 41.0 Å². The lowest BCUT2D eigenvalue weighted by Gasteiger charge is -2.43. The monoisotopic (exact) mass is 226 g/mol. The molecule has 92 valence electrons. The van der Waals surface area contributed by atoms with E-state index in [9.17, 15) is 9.59 Å². The minimum atomic E-state index is -0.368. The molecule has 1 atom stereocenters. The molecule has 16 heavy (non-hydrogen) atoms. The van der Waals surface area contributed by atoms with Gasteiger partial charge in [-0.05, 0) is 26.2 Å². The summed E-state index contributed by atoms with van der Waals surface area (Å²) in [5, 5.41) is 2.76. The molecule has 2 amide bonds. The first-order chi connectivity index (χ1) is 7.29. The highest BCUT2D eigenvalue weighted by Crippen LogP contribution is 2.23. The summed E-state index contributed by atoms with van der Waals surface area (Å²) in [7, 11) is 0. The van der Waals surface area contributed by atoms with E-state index < -0.39 is 0 Å². The number of carbonyl (C=O) groups excluding carboxylic acids is 2. The number of carbonyl (C=O) groups is 2. The SMILES string of the molecule is CCC(C)(C)N1CC(=O)NC(C(C)C)C1=O. The molecule has 0 aromatic rings. The van der Waals surface area contributed by atoms with Crippen LogP contribution in [0.5, 0.6) is 0 Å². The Bertz CT molecular complexity index is 297. The lowest BCUT2D eigenvalue weighted by Crippen LogP contribution is -2.64. The molecule has 0 aliphatic carbocycles. The maximum atomic E-state index is 12.2. The highest BCUT2D eigenvalue weighted by Gasteiger charge is 2.40. The topological polar surface area (TPSA) is 49.4 Å². The molecule has 0 bridgehead atoms. The van der Waals surface area contributed by atoms with Crippen LogP contribution in [0.25, 0.3) is 0 Å². The average molecular weight is 226 g/mol. The van der Waals surface area contributed by atoms with Crippen molar-refractivity contribution in [2.45, 2.75) is 52.6 Å². The third-order valence-corrected chi connectivity index (χ3v) is 3.41.